The highest BCUT2D eigenvalue weighted by atomic mass is 16.6. The number of guanidine groups is 1. The molecule has 1 amide bonds. The van der Waals surface area contributed by atoms with Gasteiger partial charge in [0.25, 0.3) is 0 Å². The van der Waals surface area contributed by atoms with Gasteiger partial charge in [-0.1, -0.05) is 17.7 Å². The predicted octanol–water partition coefficient (Wildman–Crippen LogP) is 2.26. The number of anilines is 1. The Morgan fingerprint density at radius 1 is 1.22 bits per heavy atom. The van der Waals surface area contributed by atoms with Gasteiger partial charge in [-0.15, -0.1) is 0 Å². The zero-order chi connectivity index (χ0) is 19.9. The molecular weight excluding hydrogens is 342 g/mol. The van der Waals surface area contributed by atoms with Crippen LogP contribution in [0, 0.1) is 6.92 Å². The molecule has 27 heavy (non-hydrogen) atoms. The second-order valence-electron chi connectivity index (χ2n) is 7.84. The molecule has 1 aromatic carbocycles. The first kappa shape index (κ1) is 20.9. The van der Waals surface area contributed by atoms with E-state index in [0.29, 0.717) is 19.1 Å². The van der Waals surface area contributed by atoms with Crippen LogP contribution in [-0.2, 0) is 4.74 Å². The number of benzene rings is 1. The molecule has 150 valence electrons. The number of amides is 1. The Kier molecular flexibility index (Phi) is 7.33. The molecule has 0 bridgehead atoms. The van der Waals surface area contributed by atoms with Gasteiger partial charge >= 0.3 is 6.09 Å². The Labute approximate surface area is 162 Å². The van der Waals surface area contributed by atoms with Gasteiger partial charge in [-0.2, -0.15) is 0 Å². The quantitative estimate of drug-likeness (QED) is 0.418. The normalized spacial score (nSPS) is 17.6. The number of hydrogen-bond acceptors (Lipinski definition) is 4. The molecule has 0 radical (unpaired) electrons. The lowest BCUT2D eigenvalue weighted by Gasteiger charge is -2.21. The zero-order valence-electron chi connectivity index (χ0n) is 17.1. The summed E-state index contributed by atoms with van der Waals surface area (Å²) in [7, 11) is 1.75. The maximum absolute atomic E-state index is 11.6. The Morgan fingerprint density at radius 3 is 2.52 bits per heavy atom. The monoisotopic (exact) mass is 375 g/mol. The van der Waals surface area contributed by atoms with Crippen molar-refractivity contribution in [3.8, 4) is 0 Å². The van der Waals surface area contributed by atoms with E-state index in [4.69, 9.17) is 4.74 Å². The standard InChI is InChI=1S/C20H33N5O2/c1-15-6-8-17(9-7-15)25-13-10-16(14-25)24-18(21-5)22-11-12-23-19(26)27-20(2,3)4/h6-9,16H,10-14H2,1-5H3,(H,23,26)(H2,21,22,24). The Bertz CT molecular complexity index is 637. The molecule has 1 atom stereocenters. The molecule has 1 aromatic rings. The third kappa shape index (κ3) is 7.37. The number of aryl methyl sites for hydroxylation is 1. The van der Waals surface area contributed by atoms with E-state index in [2.05, 4.69) is 57.0 Å². The minimum Gasteiger partial charge on any atom is -0.444 e. The van der Waals surface area contributed by atoms with Crippen molar-refractivity contribution < 1.29 is 9.53 Å². The van der Waals surface area contributed by atoms with Gasteiger partial charge in [-0.05, 0) is 46.2 Å². The maximum atomic E-state index is 11.6. The fourth-order valence-electron chi connectivity index (χ4n) is 2.92. The third-order valence-electron chi connectivity index (χ3n) is 4.24. The van der Waals surface area contributed by atoms with Crippen LogP contribution in [0.15, 0.2) is 29.3 Å². The lowest BCUT2D eigenvalue weighted by molar-refractivity contribution is 0.0529. The van der Waals surface area contributed by atoms with E-state index in [1.165, 1.54) is 11.3 Å². The molecule has 1 unspecified atom stereocenters. The van der Waals surface area contributed by atoms with Crippen LogP contribution in [0.25, 0.3) is 0 Å². The molecule has 1 heterocycles. The molecule has 3 N–H and O–H groups in total. The molecular formula is C20H33N5O2. The molecule has 7 heteroatoms. The van der Waals surface area contributed by atoms with E-state index >= 15 is 0 Å². The van der Waals surface area contributed by atoms with Gasteiger partial charge in [0.05, 0.1) is 0 Å². The van der Waals surface area contributed by atoms with Crippen molar-refractivity contribution in [1.29, 1.82) is 0 Å². The first-order valence-corrected chi connectivity index (χ1v) is 9.52. The summed E-state index contributed by atoms with van der Waals surface area (Å²) in [6.07, 6.45) is 0.654. The van der Waals surface area contributed by atoms with Crippen molar-refractivity contribution in [2.45, 2.75) is 45.8 Å². The van der Waals surface area contributed by atoms with Crippen molar-refractivity contribution in [3.05, 3.63) is 29.8 Å². The Morgan fingerprint density at radius 2 is 1.89 bits per heavy atom. The molecule has 1 fully saturated rings. The number of rotatable bonds is 5. The number of ether oxygens (including phenoxy) is 1. The molecule has 0 spiro atoms. The lowest BCUT2D eigenvalue weighted by atomic mass is 10.2. The predicted molar refractivity (Wildman–Crippen MR) is 111 cm³/mol. The van der Waals surface area contributed by atoms with Crippen LogP contribution in [0.5, 0.6) is 0 Å². The first-order chi connectivity index (χ1) is 12.8. The summed E-state index contributed by atoms with van der Waals surface area (Å²) in [5.74, 6) is 0.747. The second-order valence-corrected chi connectivity index (χ2v) is 7.84. The van der Waals surface area contributed by atoms with Crippen LogP contribution >= 0.6 is 0 Å². The molecule has 1 aliphatic rings. The zero-order valence-corrected chi connectivity index (χ0v) is 17.1. The van der Waals surface area contributed by atoms with Crippen molar-refractivity contribution >= 4 is 17.7 Å². The molecule has 0 aromatic heterocycles. The molecule has 1 aliphatic heterocycles. The summed E-state index contributed by atoms with van der Waals surface area (Å²) in [6, 6.07) is 8.99. The van der Waals surface area contributed by atoms with Gasteiger partial charge < -0.3 is 25.6 Å². The SMILES string of the molecule is CN=C(NCCNC(=O)OC(C)(C)C)NC1CCN(c2ccc(C)cc2)C1. The largest absolute Gasteiger partial charge is 0.444 e. The Balaban J connectivity index is 1.70. The topological polar surface area (TPSA) is 78.0 Å². The Hall–Kier alpha value is -2.44. The number of carbonyl (C=O) groups is 1. The summed E-state index contributed by atoms with van der Waals surface area (Å²) >= 11 is 0. The fourth-order valence-corrected chi connectivity index (χ4v) is 2.92. The van der Waals surface area contributed by atoms with Crippen molar-refractivity contribution in [2.75, 3.05) is 38.1 Å². The number of aliphatic imine (C=N–C) groups is 1. The number of nitrogens with one attached hydrogen (secondary N) is 3. The summed E-state index contributed by atoms with van der Waals surface area (Å²) in [5, 5.41) is 9.41. The molecule has 2 rings (SSSR count). The minimum atomic E-state index is -0.485. The highest BCUT2D eigenvalue weighted by Crippen LogP contribution is 2.20. The van der Waals surface area contributed by atoms with Crippen LogP contribution in [0.3, 0.4) is 0 Å². The van der Waals surface area contributed by atoms with Crippen LogP contribution in [0.1, 0.15) is 32.8 Å². The lowest BCUT2D eigenvalue weighted by Crippen LogP contribution is -2.46. The average molecular weight is 376 g/mol. The summed E-state index contributed by atoms with van der Waals surface area (Å²) < 4.78 is 5.21. The van der Waals surface area contributed by atoms with Gasteiger partial charge in [0.1, 0.15) is 5.60 Å². The van der Waals surface area contributed by atoms with Gasteiger partial charge in [0, 0.05) is 45.0 Å². The first-order valence-electron chi connectivity index (χ1n) is 9.52. The summed E-state index contributed by atoms with van der Waals surface area (Å²) in [5.41, 5.74) is 2.05. The van der Waals surface area contributed by atoms with Crippen LogP contribution in [0.2, 0.25) is 0 Å². The van der Waals surface area contributed by atoms with E-state index in [9.17, 15) is 4.79 Å². The smallest absolute Gasteiger partial charge is 0.407 e. The summed E-state index contributed by atoms with van der Waals surface area (Å²) in [6.45, 7) is 10.7. The number of hydrogen-bond donors (Lipinski definition) is 3. The van der Waals surface area contributed by atoms with E-state index in [1.54, 1.807) is 7.05 Å². The van der Waals surface area contributed by atoms with Gasteiger partial charge in [-0.25, -0.2) is 4.79 Å². The van der Waals surface area contributed by atoms with E-state index < -0.39 is 11.7 Å². The van der Waals surface area contributed by atoms with Crippen molar-refractivity contribution in [1.82, 2.24) is 16.0 Å². The number of carbonyl (C=O) groups excluding carboxylic acids is 1. The molecule has 0 saturated carbocycles. The van der Waals surface area contributed by atoms with Gasteiger partial charge in [-0.3, -0.25) is 4.99 Å². The minimum absolute atomic E-state index is 0.344. The number of nitrogens with zero attached hydrogens (tertiary/aromatic N) is 2. The summed E-state index contributed by atoms with van der Waals surface area (Å²) in [4.78, 5) is 18.3. The maximum Gasteiger partial charge on any atom is 0.407 e. The highest BCUT2D eigenvalue weighted by Gasteiger charge is 2.23. The van der Waals surface area contributed by atoms with Crippen LogP contribution in [-0.4, -0.2) is 56.9 Å². The van der Waals surface area contributed by atoms with Gasteiger partial charge in [0.2, 0.25) is 0 Å². The van der Waals surface area contributed by atoms with E-state index in [-0.39, 0.29) is 0 Å². The highest BCUT2D eigenvalue weighted by molar-refractivity contribution is 5.80. The van der Waals surface area contributed by atoms with Crippen molar-refractivity contribution in [3.63, 3.8) is 0 Å². The third-order valence-corrected chi connectivity index (χ3v) is 4.24. The molecule has 1 saturated heterocycles. The van der Waals surface area contributed by atoms with Crippen LogP contribution in [0.4, 0.5) is 10.5 Å². The van der Waals surface area contributed by atoms with E-state index in [1.807, 2.05) is 20.8 Å². The molecule has 0 aliphatic carbocycles. The second kappa shape index (κ2) is 9.48. The van der Waals surface area contributed by atoms with E-state index in [0.717, 1.165) is 25.5 Å². The molecule has 7 nitrogen and oxygen atoms in total. The van der Waals surface area contributed by atoms with Gasteiger partial charge in [0.15, 0.2) is 5.96 Å². The number of alkyl carbamates (subject to hydrolysis) is 1. The fraction of sp³-hybridized carbons (Fsp3) is 0.600. The van der Waals surface area contributed by atoms with Crippen molar-refractivity contribution in [2.24, 2.45) is 4.99 Å². The average Bonchev–Trinajstić information content (AvgIpc) is 3.05. The van der Waals surface area contributed by atoms with Crippen LogP contribution < -0.4 is 20.9 Å².